The van der Waals surface area contributed by atoms with Gasteiger partial charge in [-0.3, -0.25) is 9.69 Å². The molecule has 3 aliphatic rings. The van der Waals surface area contributed by atoms with Crippen molar-refractivity contribution in [3.8, 4) is 5.75 Å². The number of benzene rings is 2. The van der Waals surface area contributed by atoms with E-state index in [1.807, 2.05) is 52.3 Å². The molecule has 1 spiro atoms. The van der Waals surface area contributed by atoms with Crippen molar-refractivity contribution in [2.24, 2.45) is 21.5 Å². The first-order chi connectivity index (χ1) is 18.4. The predicted molar refractivity (Wildman–Crippen MR) is 153 cm³/mol. The molecule has 2 aliphatic heterocycles. The number of halogens is 1. The van der Waals surface area contributed by atoms with Crippen LogP contribution in [0.1, 0.15) is 55.8 Å². The lowest BCUT2D eigenvalue weighted by molar-refractivity contribution is 0.0746. The Bertz CT molecular complexity index is 1220. The minimum Gasteiger partial charge on any atom is -0.494 e. The molecule has 2 fully saturated rings. The zero-order valence-electron chi connectivity index (χ0n) is 21.9. The van der Waals surface area contributed by atoms with Crippen LogP contribution in [0.25, 0.3) is 0 Å². The lowest BCUT2D eigenvalue weighted by atomic mass is 9.87. The van der Waals surface area contributed by atoms with Crippen molar-refractivity contribution >= 4 is 40.8 Å². The first kappa shape index (κ1) is 26.2. The average Bonchev–Trinajstić information content (AvgIpc) is 2.92. The van der Waals surface area contributed by atoms with E-state index in [1.54, 1.807) is 0 Å². The topological polar surface area (TPSA) is 113 Å². The fourth-order valence-electron chi connectivity index (χ4n) is 5.63. The maximum Gasteiger partial charge on any atom is 0.253 e. The van der Waals surface area contributed by atoms with Crippen LogP contribution in [0.2, 0.25) is 5.02 Å². The molecule has 0 atom stereocenters. The number of carbonyl (C=O) groups excluding carboxylic acids is 1. The summed E-state index contributed by atoms with van der Waals surface area (Å²) in [7, 11) is 0. The molecule has 1 aliphatic carbocycles. The molecule has 38 heavy (non-hydrogen) atoms. The number of carbonyl (C=O) groups is 1. The number of nitrogens with zero attached hydrogens (tertiary/aromatic N) is 5. The number of hydrogen-bond acceptors (Lipinski definition) is 8. The Hall–Kier alpha value is -3.46. The summed E-state index contributed by atoms with van der Waals surface area (Å²) >= 11 is 6.83. The number of aliphatic imine (C=N–C) groups is 2. The molecule has 5 rings (SSSR count). The van der Waals surface area contributed by atoms with E-state index < -0.39 is 5.66 Å². The summed E-state index contributed by atoms with van der Waals surface area (Å²) in [5.74, 6) is 1.40. The SMILES string of the molecule is CCCOc1ccc(C(=O)N2CCN(c3ccc(N4C(N)=NC(N)=NC45CCCCC5)cc3Cl)CC2)cc1. The maximum absolute atomic E-state index is 13.0. The summed E-state index contributed by atoms with van der Waals surface area (Å²) < 4.78 is 5.63. The highest BCUT2D eigenvalue weighted by atomic mass is 35.5. The third-order valence-electron chi connectivity index (χ3n) is 7.52. The van der Waals surface area contributed by atoms with Gasteiger partial charge in [-0.25, -0.2) is 4.99 Å². The highest BCUT2D eigenvalue weighted by Crippen LogP contribution is 2.41. The van der Waals surface area contributed by atoms with Crippen molar-refractivity contribution < 1.29 is 9.53 Å². The van der Waals surface area contributed by atoms with Gasteiger partial charge in [0, 0.05) is 37.4 Å². The second kappa shape index (κ2) is 11.1. The van der Waals surface area contributed by atoms with Crippen LogP contribution in [0.3, 0.4) is 0 Å². The van der Waals surface area contributed by atoms with E-state index in [2.05, 4.69) is 16.8 Å². The monoisotopic (exact) mass is 537 g/mol. The first-order valence-electron chi connectivity index (χ1n) is 13.5. The summed E-state index contributed by atoms with van der Waals surface area (Å²) in [4.78, 5) is 28.1. The van der Waals surface area contributed by atoms with Crippen molar-refractivity contribution in [2.45, 2.75) is 51.1 Å². The number of anilines is 2. The summed E-state index contributed by atoms with van der Waals surface area (Å²) in [5.41, 5.74) is 14.3. The summed E-state index contributed by atoms with van der Waals surface area (Å²) in [6, 6.07) is 13.4. The van der Waals surface area contributed by atoms with Crippen molar-refractivity contribution in [3.63, 3.8) is 0 Å². The Morgan fingerprint density at radius 2 is 1.74 bits per heavy atom. The molecule has 1 saturated carbocycles. The Labute approximate surface area is 229 Å². The van der Waals surface area contributed by atoms with Crippen LogP contribution < -0.4 is 26.0 Å². The van der Waals surface area contributed by atoms with Gasteiger partial charge in [0.1, 0.15) is 11.4 Å². The van der Waals surface area contributed by atoms with E-state index in [-0.39, 0.29) is 11.9 Å². The molecule has 2 aromatic carbocycles. The van der Waals surface area contributed by atoms with Gasteiger partial charge in [0.2, 0.25) is 11.9 Å². The van der Waals surface area contributed by atoms with Gasteiger partial charge in [-0.1, -0.05) is 24.9 Å². The third kappa shape index (κ3) is 5.25. The minimum absolute atomic E-state index is 0.0330. The predicted octanol–water partition coefficient (Wildman–Crippen LogP) is 4.20. The summed E-state index contributed by atoms with van der Waals surface area (Å²) in [6.07, 6.45) is 5.98. The molecular formula is C28H36ClN7O2. The third-order valence-corrected chi connectivity index (χ3v) is 7.83. The fourth-order valence-corrected chi connectivity index (χ4v) is 5.93. The largest absolute Gasteiger partial charge is 0.494 e. The average molecular weight is 538 g/mol. The number of piperazine rings is 1. The smallest absolute Gasteiger partial charge is 0.253 e. The van der Waals surface area contributed by atoms with Gasteiger partial charge < -0.3 is 26.0 Å². The maximum atomic E-state index is 13.0. The van der Waals surface area contributed by atoms with E-state index in [4.69, 9.17) is 32.8 Å². The molecular weight excluding hydrogens is 502 g/mol. The van der Waals surface area contributed by atoms with Gasteiger partial charge in [-0.2, -0.15) is 4.99 Å². The Morgan fingerprint density at radius 1 is 1.03 bits per heavy atom. The van der Waals surface area contributed by atoms with Crippen molar-refractivity contribution in [2.75, 3.05) is 42.6 Å². The Morgan fingerprint density at radius 3 is 2.39 bits per heavy atom. The molecule has 2 aromatic rings. The number of hydrogen-bond donors (Lipinski definition) is 2. The van der Waals surface area contributed by atoms with E-state index in [1.165, 1.54) is 6.42 Å². The van der Waals surface area contributed by atoms with Crippen LogP contribution in [0.15, 0.2) is 52.4 Å². The minimum atomic E-state index is -0.509. The Balaban J connectivity index is 1.26. The zero-order valence-corrected chi connectivity index (χ0v) is 22.7. The van der Waals surface area contributed by atoms with Gasteiger partial charge in [-0.05, 0) is 74.6 Å². The van der Waals surface area contributed by atoms with E-state index in [0.717, 1.165) is 49.2 Å². The second-order valence-electron chi connectivity index (χ2n) is 10.1. The van der Waals surface area contributed by atoms with Gasteiger partial charge in [-0.15, -0.1) is 0 Å². The van der Waals surface area contributed by atoms with E-state index >= 15 is 0 Å². The number of rotatable bonds is 6. The molecule has 9 nitrogen and oxygen atoms in total. The zero-order chi connectivity index (χ0) is 26.7. The molecule has 2 heterocycles. The van der Waals surface area contributed by atoms with Gasteiger partial charge in [0.05, 0.1) is 17.3 Å². The quantitative estimate of drug-likeness (QED) is 0.571. The Kier molecular flexibility index (Phi) is 7.65. The van der Waals surface area contributed by atoms with Crippen molar-refractivity contribution in [1.29, 1.82) is 0 Å². The van der Waals surface area contributed by atoms with Crippen LogP contribution in [-0.2, 0) is 0 Å². The number of ether oxygens (including phenoxy) is 1. The molecule has 10 heteroatoms. The number of guanidine groups is 2. The second-order valence-corrected chi connectivity index (χ2v) is 10.5. The summed E-state index contributed by atoms with van der Waals surface area (Å²) in [5, 5.41) is 0.631. The molecule has 4 N–H and O–H groups in total. The molecule has 0 unspecified atom stereocenters. The first-order valence-corrected chi connectivity index (χ1v) is 13.8. The van der Waals surface area contributed by atoms with Gasteiger partial charge in [0.25, 0.3) is 5.91 Å². The molecule has 0 radical (unpaired) electrons. The van der Waals surface area contributed by atoms with E-state index in [9.17, 15) is 4.79 Å². The molecule has 202 valence electrons. The summed E-state index contributed by atoms with van der Waals surface area (Å²) in [6.45, 7) is 5.36. The van der Waals surface area contributed by atoms with Gasteiger partial charge in [0.15, 0.2) is 0 Å². The molecule has 0 aromatic heterocycles. The lowest BCUT2D eigenvalue weighted by Gasteiger charge is -2.45. The molecule has 1 amide bonds. The van der Waals surface area contributed by atoms with Gasteiger partial charge >= 0.3 is 0 Å². The normalized spacial score (nSPS) is 19.3. The van der Waals surface area contributed by atoms with Crippen LogP contribution in [0.5, 0.6) is 5.75 Å². The lowest BCUT2D eigenvalue weighted by Crippen LogP contribution is -2.58. The van der Waals surface area contributed by atoms with Crippen LogP contribution in [0, 0.1) is 0 Å². The highest BCUT2D eigenvalue weighted by Gasteiger charge is 2.42. The van der Waals surface area contributed by atoms with Crippen LogP contribution >= 0.6 is 11.6 Å². The standard InChI is InChI=1S/C28H36ClN7O2/c1-2-18-38-22-9-6-20(7-10-22)25(37)35-16-14-34(15-17-35)24-11-8-21(19-23(24)29)36-27(31)32-26(30)33-28(36)12-4-3-5-13-28/h6-11,19H,2-5,12-18H2,1H3,(H4,30,31,32,33). The van der Waals surface area contributed by atoms with Crippen molar-refractivity contribution in [1.82, 2.24) is 4.90 Å². The fraction of sp³-hybridized carbons (Fsp3) is 0.464. The highest BCUT2D eigenvalue weighted by molar-refractivity contribution is 6.33. The molecule has 0 bridgehead atoms. The number of nitrogens with two attached hydrogens (primary N) is 2. The van der Waals surface area contributed by atoms with Crippen LogP contribution in [0.4, 0.5) is 11.4 Å². The molecule has 1 saturated heterocycles. The van der Waals surface area contributed by atoms with E-state index in [0.29, 0.717) is 49.3 Å². The van der Waals surface area contributed by atoms with Crippen molar-refractivity contribution in [3.05, 3.63) is 53.1 Å². The van der Waals surface area contributed by atoms with Crippen LogP contribution in [-0.4, -0.2) is 61.2 Å². The number of amides is 1.